The molecule has 0 saturated heterocycles. The number of aliphatic hydroxyl groups is 1. The zero-order valence-electron chi connectivity index (χ0n) is 54.7. The van der Waals surface area contributed by atoms with Crippen LogP contribution in [0.25, 0.3) is 0 Å². The Morgan fingerprint density at radius 1 is 0.422 bits per heavy atom. The highest BCUT2D eigenvalue weighted by Gasteiger charge is 2.28. The summed E-state index contributed by atoms with van der Waals surface area (Å²) in [6, 6.07) is -0.878. The Kier molecular flexibility index (Phi) is 61.0. The molecule has 0 aromatic heterocycles. The Bertz CT molecular complexity index is 1770. The summed E-state index contributed by atoms with van der Waals surface area (Å²) >= 11 is 0. The van der Waals surface area contributed by atoms with Gasteiger partial charge in [-0.15, -0.1) is 0 Å². The minimum absolute atomic E-state index is 0.0494. The van der Waals surface area contributed by atoms with Crippen LogP contribution in [0.2, 0.25) is 0 Å². The van der Waals surface area contributed by atoms with E-state index in [1.165, 1.54) is 180 Å². The lowest BCUT2D eigenvalue weighted by molar-refractivity contribution is -0.870. The van der Waals surface area contributed by atoms with Gasteiger partial charge in [0.1, 0.15) is 13.2 Å². The van der Waals surface area contributed by atoms with Crippen molar-refractivity contribution in [3.63, 3.8) is 0 Å². The summed E-state index contributed by atoms with van der Waals surface area (Å²) in [6.45, 7) is 4.69. The lowest BCUT2D eigenvalue weighted by Crippen LogP contribution is -2.45. The number of quaternary nitrogens is 1. The van der Waals surface area contributed by atoms with E-state index in [4.69, 9.17) is 9.05 Å². The monoisotopic (exact) mass is 1180 g/mol. The highest BCUT2D eigenvalue weighted by molar-refractivity contribution is 7.47. The number of allylic oxidation sites excluding steroid dienone is 19. The fourth-order valence-corrected chi connectivity index (χ4v) is 10.3. The molecule has 0 radical (unpaired) electrons. The number of unbranched alkanes of at least 4 members (excludes halogenated alkanes) is 31. The first kappa shape index (κ1) is 79.9. The molecular formula is C74H132N2O6P+. The largest absolute Gasteiger partial charge is 0.472 e. The molecule has 1 amide bonds. The SMILES string of the molecule is CC/C=C\C/C=C\C/C=C\C/C=C\C/C=C\C/C=C\C/C=C\CCCCCCCCCCCCCCCCCC(=O)NC(COP(=O)(O)OCC[N+](C)(C)C)C(O)/C=C/CC/C=C/CC/C=C/CCCCCCCCCCCCCCCC. The number of nitrogens with one attached hydrogen (secondary N) is 1. The van der Waals surface area contributed by atoms with Crippen LogP contribution in [0.3, 0.4) is 0 Å². The number of nitrogens with zero attached hydrogens (tertiary/aromatic N) is 1. The molecule has 3 unspecified atom stereocenters. The second-order valence-electron chi connectivity index (χ2n) is 24.2. The van der Waals surface area contributed by atoms with Gasteiger partial charge in [0.25, 0.3) is 0 Å². The summed E-state index contributed by atoms with van der Waals surface area (Å²) in [7, 11) is 1.54. The van der Waals surface area contributed by atoms with Crippen molar-refractivity contribution in [2.24, 2.45) is 0 Å². The Labute approximate surface area is 514 Å². The van der Waals surface area contributed by atoms with E-state index in [9.17, 15) is 19.4 Å². The zero-order valence-corrected chi connectivity index (χ0v) is 55.5. The van der Waals surface area contributed by atoms with Crippen molar-refractivity contribution >= 4 is 13.7 Å². The average molecular weight is 1180 g/mol. The molecule has 0 heterocycles. The number of hydrogen-bond acceptors (Lipinski definition) is 5. The van der Waals surface area contributed by atoms with Crippen LogP contribution in [-0.2, 0) is 18.4 Å². The Morgan fingerprint density at radius 3 is 1.11 bits per heavy atom. The molecule has 0 aromatic rings. The van der Waals surface area contributed by atoms with Crippen LogP contribution >= 0.6 is 7.82 Å². The quantitative estimate of drug-likeness (QED) is 0.0243. The Morgan fingerprint density at radius 2 is 0.735 bits per heavy atom. The highest BCUT2D eigenvalue weighted by atomic mass is 31.2. The van der Waals surface area contributed by atoms with Crippen molar-refractivity contribution in [1.82, 2.24) is 5.32 Å². The maximum absolute atomic E-state index is 13.0. The van der Waals surface area contributed by atoms with Crippen LogP contribution in [0.5, 0.6) is 0 Å². The van der Waals surface area contributed by atoms with Gasteiger partial charge < -0.3 is 19.8 Å². The minimum atomic E-state index is -4.37. The van der Waals surface area contributed by atoms with Gasteiger partial charge >= 0.3 is 7.82 Å². The van der Waals surface area contributed by atoms with E-state index in [1.807, 2.05) is 27.2 Å². The summed E-state index contributed by atoms with van der Waals surface area (Å²) in [5, 5.41) is 14.0. The fraction of sp³-hybridized carbons (Fsp3) is 0.716. The van der Waals surface area contributed by atoms with Crippen LogP contribution < -0.4 is 5.32 Å². The molecule has 0 rings (SSSR count). The summed E-state index contributed by atoms with van der Waals surface area (Å²) in [4.78, 5) is 23.4. The highest BCUT2D eigenvalue weighted by Crippen LogP contribution is 2.43. The molecule has 0 saturated carbocycles. The van der Waals surface area contributed by atoms with Crippen molar-refractivity contribution in [3.8, 4) is 0 Å². The minimum Gasteiger partial charge on any atom is -0.387 e. The molecule has 0 aliphatic rings. The van der Waals surface area contributed by atoms with Crippen molar-refractivity contribution < 1.29 is 32.9 Å². The third kappa shape index (κ3) is 66.3. The lowest BCUT2D eigenvalue weighted by atomic mass is 10.0. The number of carbonyl (C=O) groups excluding carboxylic acids is 1. The number of hydrogen-bond donors (Lipinski definition) is 3. The Hall–Kier alpha value is -3.10. The topological polar surface area (TPSA) is 105 Å². The number of carbonyl (C=O) groups is 1. The predicted octanol–water partition coefficient (Wildman–Crippen LogP) is 22.0. The summed E-state index contributed by atoms with van der Waals surface area (Å²) in [6.07, 6.45) is 94.8. The number of phosphoric ester groups is 1. The van der Waals surface area contributed by atoms with E-state index < -0.39 is 20.0 Å². The third-order valence-electron chi connectivity index (χ3n) is 14.9. The molecule has 0 aliphatic heterocycles. The number of rotatable bonds is 62. The lowest BCUT2D eigenvalue weighted by Gasteiger charge is -2.25. The fourth-order valence-electron chi connectivity index (χ4n) is 9.59. The summed E-state index contributed by atoms with van der Waals surface area (Å²) in [5.74, 6) is -0.193. The van der Waals surface area contributed by atoms with Crippen molar-refractivity contribution in [3.05, 3.63) is 122 Å². The van der Waals surface area contributed by atoms with Crippen molar-refractivity contribution in [1.29, 1.82) is 0 Å². The van der Waals surface area contributed by atoms with Gasteiger partial charge in [0.15, 0.2) is 0 Å². The summed E-state index contributed by atoms with van der Waals surface area (Å²) < 4.78 is 23.8. The number of amides is 1. The van der Waals surface area contributed by atoms with Crippen LogP contribution in [0, 0.1) is 0 Å². The standard InChI is InChI=1S/C74H131N2O6P/c1-6-8-10-12-14-16-18-20-22-24-26-28-30-32-33-34-35-36-37-38-39-40-41-42-43-44-46-48-50-52-54-56-58-60-62-64-66-68-74(78)75-72(71-82-83(79,80)81-70-69-76(3,4)5)73(77)67-65-63-61-59-57-55-53-51-49-47-45-31-29-27-25-23-21-19-17-15-13-11-9-7-2/h8,10,14,16,20,22,26,28,32-33,35-36,38-39,49,51,57,59,65,67,72-73,77H,6-7,9,11-13,15,17-19,21,23-25,27,29-31,34,37,40-48,50,52-56,58,60-64,66,68-71H2,1-5H3,(H-,75,78,79,80)/p+1/b10-8-,16-14-,22-20-,28-26-,33-32-,36-35-,39-38-,51-49+,59-57+,67-65+. The van der Waals surface area contributed by atoms with E-state index in [2.05, 4.69) is 129 Å². The number of phosphoric acid groups is 1. The maximum atomic E-state index is 13.0. The molecule has 0 aromatic carbocycles. The maximum Gasteiger partial charge on any atom is 0.472 e. The molecule has 0 spiro atoms. The van der Waals surface area contributed by atoms with Crippen LogP contribution in [0.1, 0.15) is 290 Å². The molecule has 0 fully saturated rings. The molecule has 0 bridgehead atoms. The van der Waals surface area contributed by atoms with Crippen molar-refractivity contribution in [2.75, 3.05) is 40.9 Å². The van der Waals surface area contributed by atoms with Crippen LogP contribution in [0.15, 0.2) is 122 Å². The van der Waals surface area contributed by atoms with Gasteiger partial charge in [-0.2, -0.15) is 0 Å². The molecule has 0 aliphatic carbocycles. The zero-order chi connectivity index (χ0) is 60.5. The molecule has 478 valence electrons. The first-order valence-corrected chi connectivity index (χ1v) is 35.9. The first-order valence-electron chi connectivity index (χ1n) is 34.4. The van der Waals surface area contributed by atoms with E-state index in [0.717, 1.165) is 89.9 Å². The second kappa shape index (κ2) is 63.4. The first-order chi connectivity index (χ1) is 40.5. The second-order valence-corrected chi connectivity index (χ2v) is 25.6. The number of likely N-dealkylation sites (N-methyl/N-ethyl adjacent to an activating group) is 1. The van der Waals surface area contributed by atoms with Crippen molar-refractivity contribution in [2.45, 2.75) is 302 Å². The van der Waals surface area contributed by atoms with Gasteiger partial charge in [-0.1, -0.05) is 302 Å². The van der Waals surface area contributed by atoms with Gasteiger partial charge in [0, 0.05) is 6.42 Å². The molecule has 8 nitrogen and oxygen atoms in total. The van der Waals surface area contributed by atoms with E-state index in [1.54, 1.807) is 6.08 Å². The van der Waals surface area contributed by atoms with Gasteiger partial charge in [-0.05, 0) is 103 Å². The normalized spacial score (nSPS) is 14.4. The van der Waals surface area contributed by atoms with Gasteiger partial charge in [-0.3, -0.25) is 13.8 Å². The van der Waals surface area contributed by atoms with E-state index in [-0.39, 0.29) is 19.1 Å². The molecular weight excluding hydrogens is 1040 g/mol. The molecule has 3 atom stereocenters. The van der Waals surface area contributed by atoms with E-state index in [0.29, 0.717) is 17.4 Å². The molecule has 3 N–H and O–H groups in total. The van der Waals surface area contributed by atoms with Crippen LogP contribution in [0.4, 0.5) is 0 Å². The van der Waals surface area contributed by atoms with Gasteiger partial charge in [0.05, 0.1) is 39.9 Å². The van der Waals surface area contributed by atoms with Crippen LogP contribution in [-0.4, -0.2) is 73.4 Å². The van der Waals surface area contributed by atoms with Gasteiger partial charge in [0.2, 0.25) is 5.91 Å². The molecule has 83 heavy (non-hydrogen) atoms. The van der Waals surface area contributed by atoms with E-state index >= 15 is 0 Å². The molecule has 9 heteroatoms. The number of aliphatic hydroxyl groups excluding tert-OH is 1. The average Bonchev–Trinajstić information content (AvgIpc) is 3.50. The van der Waals surface area contributed by atoms with Gasteiger partial charge in [-0.25, -0.2) is 4.57 Å². The predicted molar refractivity (Wildman–Crippen MR) is 364 cm³/mol. The smallest absolute Gasteiger partial charge is 0.387 e. The summed E-state index contributed by atoms with van der Waals surface area (Å²) in [5.41, 5.74) is 0. The third-order valence-corrected chi connectivity index (χ3v) is 15.9. The Balaban J connectivity index is 4.13.